The van der Waals surface area contributed by atoms with Gasteiger partial charge in [-0.3, -0.25) is 10.4 Å². The number of fused-ring (bicyclic) bond motifs is 1. The molecular weight excluding hydrogens is 403 g/mol. The number of nitrogens with zero attached hydrogens (tertiary/aromatic N) is 2. The number of thioether (sulfide) groups is 1. The molecule has 122 valence electrons. The van der Waals surface area contributed by atoms with Crippen molar-refractivity contribution < 1.29 is 8.42 Å². The first-order chi connectivity index (χ1) is 10.9. The van der Waals surface area contributed by atoms with Gasteiger partial charge in [0.2, 0.25) is 0 Å². The predicted molar refractivity (Wildman–Crippen MR) is 94.9 cm³/mol. The van der Waals surface area contributed by atoms with Gasteiger partial charge in [0.25, 0.3) is 10.0 Å². The predicted octanol–water partition coefficient (Wildman–Crippen LogP) is 3.07. The SMILES string of the molecule is O=S(=O)(NNC1=NC=N[C@@H]2SC=C[C@H]12)c1cc(Cl)c(Cl)cc1Cl. The fourth-order valence-corrected chi connectivity index (χ4v) is 4.78. The minimum atomic E-state index is -3.95. The third kappa shape index (κ3) is 3.52. The van der Waals surface area contributed by atoms with Crippen LogP contribution >= 0.6 is 46.6 Å². The molecule has 0 unspecified atom stereocenters. The van der Waals surface area contributed by atoms with Gasteiger partial charge < -0.3 is 0 Å². The molecule has 23 heavy (non-hydrogen) atoms. The molecule has 3 rings (SSSR count). The van der Waals surface area contributed by atoms with Crippen LogP contribution in [-0.2, 0) is 10.0 Å². The largest absolute Gasteiger partial charge is 0.295 e. The van der Waals surface area contributed by atoms with Crippen molar-refractivity contribution in [1.82, 2.24) is 10.3 Å². The van der Waals surface area contributed by atoms with Gasteiger partial charge in [0.15, 0.2) is 0 Å². The Morgan fingerprint density at radius 1 is 1.13 bits per heavy atom. The topological polar surface area (TPSA) is 82.9 Å². The van der Waals surface area contributed by atoms with Crippen LogP contribution in [0.1, 0.15) is 0 Å². The van der Waals surface area contributed by atoms with Crippen LogP contribution in [-0.4, -0.2) is 26.0 Å². The summed E-state index contributed by atoms with van der Waals surface area (Å²) in [5.74, 6) is 0.336. The van der Waals surface area contributed by atoms with Gasteiger partial charge in [-0.05, 0) is 17.5 Å². The Morgan fingerprint density at radius 3 is 2.65 bits per heavy atom. The lowest BCUT2D eigenvalue weighted by Gasteiger charge is -2.21. The number of hydrogen-bond donors (Lipinski definition) is 2. The van der Waals surface area contributed by atoms with E-state index >= 15 is 0 Å². The van der Waals surface area contributed by atoms with Gasteiger partial charge in [-0.15, -0.1) is 16.6 Å². The molecule has 11 heteroatoms. The van der Waals surface area contributed by atoms with Crippen LogP contribution in [0.2, 0.25) is 15.1 Å². The number of aliphatic imine (C=N–C) groups is 2. The third-order valence-electron chi connectivity index (χ3n) is 3.12. The molecule has 6 nitrogen and oxygen atoms in total. The molecular formula is C12H9Cl3N4O2S2. The van der Waals surface area contributed by atoms with Gasteiger partial charge >= 0.3 is 0 Å². The first kappa shape index (κ1) is 17.1. The molecule has 1 aromatic rings. The molecule has 2 atom stereocenters. The Morgan fingerprint density at radius 2 is 1.87 bits per heavy atom. The van der Waals surface area contributed by atoms with E-state index in [1.807, 2.05) is 11.5 Å². The molecule has 0 saturated carbocycles. The van der Waals surface area contributed by atoms with Crippen molar-refractivity contribution in [3.05, 3.63) is 38.7 Å². The highest BCUT2D eigenvalue weighted by Gasteiger charge is 2.30. The summed E-state index contributed by atoms with van der Waals surface area (Å²) in [5.41, 5.74) is 2.61. The maximum absolute atomic E-state index is 12.4. The molecule has 2 aliphatic rings. The Kier molecular flexibility index (Phi) is 4.91. The van der Waals surface area contributed by atoms with Gasteiger partial charge in [-0.1, -0.05) is 40.9 Å². The van der Waals surface area contributed by atoms with Crippen LogP contribution in [0.5, 0.6) is 0 Å². The van der Waals surface area contributed by atoms with Crippen molar-refractivity contribution >= 4 is 68.8 Å². The third-order valence-corrected chi connectivity index (χ3v) is 6.56. The standard InChI is InChI=1S/C12H9Cl3N4O2S2/c13-7-3-9(15)10(4-8(7)14)23(20,21)19-18-11-6-1-2-22-12(6)17-5-16-11/h1-6,12,19H,(H,16,17,18)/t6-,12-/m1/s1. The van der Waals surface area contributed by atoms with Crippen molar-refractivity contribution in [3.63, 3.8) is 0 Å². The average molecular weight is 412 g/mol. The second-order valence-corrected chi connectivity index (χ2v) is 8.49. The first-order valence-electron chi connectivity index (χ1n) is 6.22. The molecule has 0 amide bonds. The van der Waals surface area contributed by atoms with Crippen LogP contribution in [0.15, 0.2) is 38.5 Å². The van der Waals surface area contributed by atoms with E-state index in [-0.39, 0.29) is 31.3 Å². The Labute approximate surface area is 152 Å². The zero-order valence-electron chi connectivity index (χ0n) is 11.2. The highest BCUT2D eigenvalue weighted by Crippen LogP contribution is 2.33. The second-order valence-electron chi connectivity index (χ2n) is 4.59. The molecule has 0 saturated heterocycles. The molecule has 1 aromatic carbocycles. The number of sulfonamides is 1. The van der Waals surface area contributed by atoms with Gasteiger partial charge in [0.1, 0.15) is 22.4 Å². The van der Waals surface area contributed by atoms with Crippen molar-refractivity contribution in [2.24, 2.45) is 15.9 Å². The number of nitrogens with one attached hydrogen (secondary N) is 2. The fraction of sp³-hybridized carbons (Fsp3) is 0.167. The van der Waals surface area contributed by atoms with Crippen LogP contribution in [0, 0.1) is 5.92 Å². The van der Waals surface area contributed by atoms with Crippen LogP contribution in [0.25, 0.3) is 0 Å². The summed E-state index contributed by atoms with van der Waals surface area (Å²) in [7, 11) is -3.95. The Bertz CT molecular complexity index is 839. The Balaban J connectivity index is 1.80. The first-order valence-corrected chi connectivity index (χ1v) is 9.78. The maximum Gasteiger partial charge on any atom is 0.258 e. The number of amidine groups is 1. The lowest BCUT2D eigenvalue weighted by Crippen LogP contribution is -2.46. The zero-order valence-corrected chi connectivity index (χ0v) is 15.1. The summed E-state index contributed by atoms with van der Waals surface area (Å²) in [4.78, 5) is 10.3. The van der Waals surface area contributed by atoms with E-state index in [1.165, 1.54) is 30.2 Å². The van der Waals surface area contributed by atoms with Gasteiger partial charge in [0, 0.05) is 0 Å². The lowest BCUT2D eigenvalue weighted by atomic mass is 10.1. The highest BCUT2D eigenvalue weighted by molar-refractivity contribution is 8.03. The van der Waals surface area contributed by atoms with E-state index in [4.69, 9.17) is 34.8 Å². The lowest BCUT2D eigenvalue weighted by molar-refractivity contribution is 0.575. The van der Waals surface area contributed by atoms with Crippen molar-refractivity contribution in [3.8, 4) is 0 Å². The second kappa shape index (κ2) is 6.62. The van der Waals surface area contributed by atoms with Crippen LogP contribution in [0.4, 0.5) is 0 Å². The zero-order chi connectivity index (χ0) is 16.6. The van der Waals surface area contributed by atoms with E-state index < -0.39 is 10.0 Å². The van der Waals surface area contributed by atoms with Gasteiger partial charge in [0.05, 0.1) is 21.0 Å². The number of halogens is 3. The molecule has 0 aromatic heterocycles. The van der Waals surface area contributed by atoms with Gasteiger partial charge in [-0.2, -0.15) is 0 Å². The average Bonchev–Trinajstić information content (AvgIpc) is 2.97. The van der Waals surface area contributed by atoms with Crippen LogP contribution < -0.4 is 10.3 Å². The summed E-state index contributed by atoms with van der Waals surface area (Å²) in [5, 5.41) is 2.10. The minimum Gasteiger partial charge on any atom is -0.295 e. The number of rotatable bonds is 3. The molecule has 0 fully saturated rings. The quantitative estimate of drug-likeness (QED) is 0.591. The molecule has 0 radical (unpaired) electrons. The van der Waals surface area contributed by atoms with E-state index in [9.17, 15) is 8.42 Å². The number of benzene rings is 1. The summed E-state index contributed by atoms with van der Waals surface area (Å²) in [6.07, 6.45) is 3.29. The van der Waals surface area contributed by atoms with Crippen molar-refractivity contribution in [1.29, 1.82) is 0 Å². The monoisotopic (exact) mass is 410 g/mol. The van der Waals surface area contributed by atoms with Crippen molar-refractivity contribution in [2.45, 2.75) is 10.3 Å². The summed E-state index contributed by atoms with van der Waals surface area (Å²) >= 11 is 19.1. The van der Waals surface area contributed by atoms with E-state index in [1.54, 1.807) is 0 Å². The summed E-state index contributed by atoms with van der Waals surface area (Å²) in [6, 6.07) is 2.46. The van der Waals surface area contributed by atoms with Crippen molar-refractivity contribution in [2.75, 3.05) is 0 Å². The summed E-state index contributed by atoms with van der Waals surface area (Å²) < 4.78 is 24.8. The Hall–Kier alpha value is -0.770. The molecule has 2 aliphatic heterocycles. The molecule has 0 spiro atoms. The normalized spacial score (nSPS) is 22.8. The minimum absolute atomic E-state index is 0.0324. The van der Waals surface area contributed by atoms with Crippen LogP contribution in [0.3, 0.4) is 0 Å². The smallest absolute Gasteiger partial charge is 0.258 e. The maximum atomic E-state index is 12.4. The molecule has 0 bridgehead atoms. The fourth-order valence-electron chi connectivity index (χ4n) is 1.99. The van der Waals surface area contributed by atoms with E-state index in [0.717, 1.165) is 0 Å². The number of hydrogen-bond acceptors (Lipinski definition) is 6. The molecule has 0 aliphatic carbocycles. The van der Waals surface area contributed by atoms with E-state index in [0.29, 0.717) is 5.84 Å². The molecule has 2 N–H and O–H groups in total. The summed E-state index contributed by atoms with van der Waals surface area (Å²) in [6.45, 7) is 0. The number of hydrazine groups is 1. The highest BCUT2D eigenvalue weighted by atomic mass is 35.5. The molecule has 2 heterocycles. The van der Waals surface area contributed by atoms with Gasteiger partial charge in [-0.25, -0.2) is 13.4 Å². The van der Waals surface area contributed by atoms with E-state index in [2.05, 4.69) is 20.2 Å².